The predicted octanol–water partition coefficient (Wildman–Crippen LogP) is 4.44. The number of nitrogens with zero attached hydrogens (tertiary/aromatic N) is 2. The summed E-state index contributed by atoms with van der Waals surface area (Å²) in [7, 11) is 3.71. The van der Waals surface area contributed by atoms with Crippen LogP contribution in [0.25, 0.3) is 11.3 Å². The Morgan fingerprint density at radius 3 is 2.73 bits per heavy atom. The minimum atomic E-state index is -0.0357. The molecule has 3 aromatic rings. The number of rotatable bonds is 6. The fourth-order valence-electron chi connectivity index (χ4n) is 4.56. The first-order valence-electron chi connectivity index (χ1n) is 10.6. The molecule has 158 valence electrons. The van der Waals surface area contributed by atoms with Crippen molar-refractivity contribution in [2.24, 2.45) is 13.0 Å². The van der Waals surface area contributed by atoms with Gasteiger partial charge in [0.25, 0.3) is 5.91 Å². The van der Waals surface area contributed by atoms with Gasteiger partial charge in [0.2, 0.25) is 0 Å². The van der Waals surface area contributed by atoms with E-state index in [0.29, 0.717) is 23.9 Å². The first-order valence-corrected chi connectivity index (χ1v) is 10.6. The Morgan fingerprint density at radius 2 is 2.03 bits per heavy atom. The zero-order valence-electron chi connectivity index (χ0n) is 17.9. The zero-order valence-corrected chi connectivity index (χ0v) is 17.9. The molecule has 1 fully saturated rings. The van der Waals surface area contributed by atoms with E-state index in [1.807, 2.05) is 49.6 Å². The summed E-state index contributed by atoms with van der Waals surface area (Å²) in [6.07, 6.45) is 8.37. The van der Waals surface area contributed by atoms with E-state index >= 15 is 0 Å². The molecular formula is C24H30N4O2. The first-order chi connectivity index (χ1) is 14.6. The maximum absolute atomic E-state index is 13.0. The van der Waals surface area contributed by atoms with Crippen LogP contribution in [0.15, 0.2) is 42.7 Å². The molecule has 0 bridgehead atoms. The number of hydrogen-bond acceptors (Lipinski definition) is 3. The van der Waals surface area contributed by atoms with Gasteiger partial charge in [0.1, 0.15) is 11.6 Å². The monoisotopic (exact) mass is 406 g/mol. The molecule has 2 aromatic heterocycles. The number of carbonyl (C=O) groups excluding carboxylic acids is 1. The fraction of sp³-hybridized carbons (Fsp3) is 0.417. The average molecular weight is 407 g/mol. The number of aryl methyl sites for hydroxylation is 2. The molecule has 0 radical (unpaired) electrons. The highest BCUT2D eigenvalue weighted by Gasteiger charge is 2.26. The number of H-pyrrole nitrogens is 1. The molecule has 1 amide bonds. The second-order valence-electron chi connectivity index (χ2n) is 8.27. The lowest BCUT2D eigenvalue weighted by atomic mass is 9.81. The van der Waals surface area contributed by atoms with Crippen LogP contribution in [-0.2, 0) is 7.05 Å². The Labute approximate surface area is 177 Å². The molecule has 0 unspecified atom stereocenters. The highest BCUT2D eigenvalue weighted by Crippen LogP contribution is 2.35. The summed E-state index contributed by atoms with van der Waals surface area (Å²) in [5.74, 6) is 2.94. The van der Waals surface area contributed by atoms with Crippen molar-refractivity contribution in [3.63, 3.8) is 0 Å². The summed E-state index contributed by atoms with van der Waals surface area (Å²) in [5.41, 5.74) is 3.32. The minimum absolute atomic E-state index is 0.0357. The standard InChI is InChI=1S/C24H30N4O2/c1-16-14-20(22(27-16)19-6-4-5-7-21(19)30-3)24(29)26-15-17-8-10-18(11-9-17)23-25-12-13-28(23)2/h4-7,12-14,17-18,27H,8-11,15H2,1-3H3,(H,26,29). The van der Waals surface area contributed by atoms with Crippen LogP contribution >= 0.6 is 0 Å². The Morgan fingerprint density at radius 1 is 1.27 bits per heavy atom. The van der Waals surface area contributed by atoms with Gasteiger partial charge in [0.15, 0.2) is 0 Å². The van der Waals surface area contributed by atoms with Crippen molar-refractivity contribution >= 4 is 5.91 Å². The van der Waals surface area contributed by atoms with Crippen LogP contribution in [0, 0.1) is 12.8 Å². The molecule has 0 spiro atoms. The van der Waals surface area contributed by atoms with Gasteiger partial charge in [-0.3, -0.25) is 4.79 Å². The molecule has 2 N–H and O–H groups in total. The van der Waals surface area contributed by atoms with Gasteiger partial charge in [-0.15, -0.1) is 0 Å². The van der Waals surface area contributed by atoms with Gasteiger partial charge in [0, 0.05) is 43.2 Å². The van der Waals surface area contributed by atoms with Crippen LogP contribution in [0.4, 0.5) is 0 Å². The number of benzene rings is 1. The molecular weight excluding hydrogens is 376 g/mol. The summed E-state index contributed by atoms with van der Waals surface area (Å²) in [4.78, 5) is 20.8. The number of imidazole rings is 1. The summed E-state index contributed by atoms with van der Waals surface area (Å²) >= 11 is 0. The zero-order chi connectivity index (χ0) is 21.1. The molecule has 1 aliphatic carbocycles. The van der Waals surface area contributed by atoms with Gasteiger partial charge >= 0.3 is 0 Å². The highest BCUT2D eigenvalue weighted by molar-refractivity contribution is 6.01. The van der Waals surface area contributed by atoms with Crippen molar-refractivity contribution in [2.75, 3.05) is 13.7 Å². The first kappa shape index (κ1) is 20.3. The molecule has 1 saturated carbocycles. The largest absolute Gasteiger partial charge is 0.496 e. The third-order valence-corrected chi connectivity index (χ3v) is 6.19. The molecule has 4 rings (SSSR count). The van der Waals surface area contributed by atoms with Crippen LogP contribution in [0.2, 0.25) is 0 Å². The topological polar surface area (TPSA) is 71.9 Å². The van der Waals surface area contributed by atoms with E-state index in [1.54, 1.807) is 7.11 Å². The summed E-state index contributed by atoms with van der Waals surface area (Å²) in [5, 5.41) is 3.17. The highest BCUT2D eigenvalue weighted by atomic mass is 16.5. The summed E-state index contributed by atoms with van der Waals surface area (Å²) < 4.78 is 7.61. The second-order valence-corrected chi connectivity index (χ2v) is 8.27. The van der Waals surface area contributed by atoms with Crippen molar-refractivity contribution < 1.29 is 9.53 Å². The van der Waals surface area contributed by atoms with Crippen molar-refractivity contribution in [3.05, 3.63) is 59.8 Å². The van der Waals surface area contributed by atoms with Crippen molar-refractivity contribution in [1.29, 1.82) is 0 Å². The van der Waals surface area contributed by atoms with Gasteiger partial charge in [0.05, 0.1) is 18.4 Å². The van der Waals surface area contributed by atoms with Crippen LogP contribution in [-0.4, -0.2) is 34.1 Å². The average Bonchev–Trinajstić information content (AvgIpc) is 3.37. The maximum Gasteiger partial charge on any atom is 0.253 e. The molecule has 0 saturated heterocycles. The number of ether oxygens (including phenoxy) is 1. The Balaban J connectivity index is 1.39. The quantitative estimate of drug-likeness (QED) is 0.636. The molecule has 1 aliphatic rings. The molecule has 0 aliphatic heterocycles. The van der Waals surface area contributed by atoms with Gasteiger partial charge in [-0.05, 0) is 56.7 Å². The summed E-state index contributed by atoms with van der Waals surface area (Å²) in [6.45, 7) is 2.68. The third kappa shape index (κ3) is 4.13. The Kier molecular flexibility index (Phi) is 5.93. The molecule has 6 heteroatoms. The number of aromatic nitrogens is 3. The third-order valence-electron chi connectivity index (χ3n) is 6.19. The number of carbonyl (C=O) groups is 1. The van der Waals surface area contributed by atoms with Crippen LogP contribution in [0.5, 0.6) is 5.75 Å². The van der Waals surface area contributed by atoms with Gasteiger partial charge in [-0.2, -0.15) is 0 Å². The summed E-state index contributed by atoms with van der Waals surface area (Å²) in [6, 6.07) is 9.68. The maximum atomic E-state index is 13.0. The van der Waals surface area contributed by atoms with Gasteiger partial charge < -0.3 is 19.6 Å². The Bertz CT molecular complexity index is 1010. The molecule has 2 heterocycles. The lowest BCUT2D eigenvalue weighted by molar-refractivity contribution is 0.0943. The number of aromatic amines is 1. The number of methoxy groups -OCH3 is 1. The number of para-hydroxylation sites is 1. The smallest absolute Gasteiger partial charge is 0.253 e. The van der Waals surface area contributed by atoms with Gasteiger partial charge in [-0.1, -0.05) is 12.1 Å². The van der Waals surface area contributed by atoms with Gasteiger partial charge in [-0.25, -0.2) is 4.98 Å². The lowest BCUT2D eigenvalue weighted by Gasteiger charge is -2.28. The van der Waals surface area contributed by atoms with E-state index in [9.17, 15) is 4.79 Å². The molecule has 6 nitrogen and oxygen atoms in total. The van der Waals surface area contributed by atoms with Crippen LogP contribution < -0.4 is 10.1 Å². The second kappa shape index (κ2) is 8.78. The predicted molar refractivity (Wildman–Crippen MR) is 118 cm³/mol. The van der Waals surface area contributed by atoms with E-state index in [4.69, 9.17) is 4.74 Å². The number of nitrogens with one attached hydrogen (secondary N) is 2. The van der Waals surface area contributed by atoms with E-state index in [0.717, 1.165) is 48.4 Å². The SMILES string of the molecule is COc1ccccc1-c1[nH]c(C)cc1C(=O)NCC1CCC(c2nccn2C)CC1. The Hall–Kier alpha value is -3.02. The van der Waals surface area contributed by atoms with Crippen LogP contribution in [0.3, 0.4) is 0 Å². The minimum Gasteiger partial charge on any atom is -0.496 e. The van der Waals surface area contributed by atoms with E-state index < -0.39 is 0 Å². The van der Waals surface area contributed by atoms with E-state index in [1.165, 1.54) is 5.82 Å². The van der Waals surface area contributed by atoms with E-state index in [2.05, 4.69) is 26.9 Å². The van der Waals surface area contributed by atoms with Crippen molar-refractivity contribution in [2.45, 2.75) is 38.5 Å². The fourth-order valence-corrected chi connectivity index (χ4v) is 4.56. The van der Waals surface area contributed by atoms with E-state index in [-0.39, 0.29) is 5.91 Å². The normalized spacial score (nSPS) is 18.9. The molecule has 1 aromatic carbocycles. The lowest BCUT2D eigenvalue weighted by Crippen LogP contribution is -2.31. The van der Waals surface area contributed by atoms with Crippen molar-refractivity contribution in [1.82, 2.24) is 19.9 Å². The van der Waals surface area contributed by atoms with Crippen LogP contribution in [0.1, 0.15) is 53.5 Å². The molecule has 30 heavy (non-hydrogen) atoms. The number of hydrogen-bond donors (Lipinski definition) is 2. The molecule has 0 atom stereocenters. The number of amides is 1. The van der Waals surface area contributed by atoms with Crippen molar-refractivity contribution in [3.8, 4) is 17.0 Å².